The SMILES string of the molecule is C/C(=C1/CCCNC1=O)c1cc(C#N)cc(-c2cc(Cl)cc(Cl)c2)c1C. The van der Waals surface area contributed by atoms with E-state index >= 15 is 0 Å². The zero-order valence-electron chi connectivity index (χ0n) is 14.6. The van der Waals surface area contributed by atoms with Gasteiger partial charge in [-0.2, -0.15) is 5.26 Å². The Hall–Kier alpha value is -2.28. The molecule has 1 amide bonds. The van der Waals surface area contributed by atoms with Crippen LogP contribution in [0.3, 0.4) is 0 Å². The van der Waals surface area contributed by atoms with Gasteiger partial charge in [-0.15, -0.1) is 0 Å². The van der Waals surface area contributed by atoms with Crippen molar-refractivity contribution in [2.75, 3.05) is 6.54 Å². The molecule has 0 bridgehead atoms. The molecule has 0 atom stereocenters. The quantitative estimate of drug-likeness (QED) is 0.692. The van der Waals surface area contributed by atoms with Crippen molar-refractivity contribution in [3.8, 4) is 17.2 Å². The van der Waals surface area contributed by atoms with Gasteiger partial charge in [-0.25, -0.2) is 0 Å². The molecular formula is C21H18Cl2N2O. The minimum absolute atomic E-state index is 0.0251. The lowest BCUT2D eigenvalue weighted by Gasteiger charge is -2.20. The Labute approximate surface area is 163 Å². The van der Waals surface area contributed by atoms with Crippen molar-refractivity contribution in [3.63, 3.8) is 0 Å². The van der Waals surface area contributed by atoms with Crippen LogP contribution in [0.4, 0.5) is 0 Å². The third-order valence-electron chi connectivity index (χ3n) is 4.73. The Bertz CT molecular complexity index is 950. The van der Waals surface area contributed by atoms with Gasteiger partial charge in [0.1, 0.15) is 0 Å². The summed E-state index contributed by atoms with van der Waals surface area (Å²) in [7, 11) is 0. The number of carbonyl (C=O) groups is 1. The molecule has 0 spiro atoms. The predicted octanol–water partition coefficient (Wildman–Crippen LogP) is 5.52. The molecule has 0 aliphatic carbocycles. The molecule has 2 aromatic carbocycles. The number of amides is 1. The highest BCUT2D eigenvalue weighted by Gasteiger charge is 2.20. The van der Waals surface area contributed by atoms with Crippen LogP contribution in [0.5, 0.6) is 0 Å². The molecule has 26 heavy (non-hydrogen) atoms. The van der Waals surface area contributed by atoms with Crippen LogP contribution < -0.4 is 5.32 Å². The summed E-state index contributed by atoms with van der Waals surface area (Å²) in [6.07, 6.45) is 1.67. The minimum Gasteiger partial charge on any atom is -0.352 e. The van der Waals surface area contributed by atoms with Gasteiger partial charge in [-0.05, 0) is 84.8 Å². The first-order valence-corrected chi connectivity index (χ1v) is 9.16. The smallest absolute Gasteiger partial charge is 0.247 e. The van der Waals surface area contributed by atoms with E-state index in [-0.39, 0.29) is 5.91 Å². The summed E-state index contributed by atoms with van der Waals surface area (Å²) in [6.45, 7) is 4.64. The van der Waals surface area contributed by atoms with E-state index in [0.29, 0.717) is 22.2 Å². The summed E-state index contributed by atoms with van der Waals surface area (Å²) < 4.78 is 0. The molecule has 3 nitrogen and oxygen atoms in total. The van der Waals surface area contributed by atoms with Gasteiger partial charge >= 0.3 is 0 Å². The highest BCUT2D eigenvalue weighted by Crippen LogP contribution is 2.35. The number of rotatable bonds is 2. The van der Waals surface area contributed by atoms with Gasteiger partial charge in [0.15, 0.2) is 0 Å². The molecule has 0 unspecified atom stereocenters. The third kappa shape index (κ3) is 3.62. The van der Waals surface area contributed by atoms with Gasteiger partial charge in [0.05, 0.1) is 11.6 Å². The van der Waals surface area contributed by atoms with Crippen LogP contribution in [0.15, 0.2) is 35.9 Å². The molecular weight excluding hydrogens is 367 g/mol. The van der Waals surface area contributed by atoms with E-state index in [9.17, 15) is 10.1 Å². The monoisotopic (exact) mass is 384 g/mol. The Balaban J connectivity index is 2.23. The van der Waals surface area contributed by atoms with Gasteiger partial charge in [-0.1, -0.05) is 23.2 Å². The Morgan fingerprint density at radius 1 is 1.15 bits per heavy atom. The number of nitrogens with zero attached hydrogens (tertiary/aromatic N) is 1. The normalized spacial score (nSPS) is 16.0. The van der Waals surface area contributed by atoms with E-state index in [0.717, 1.165) is 46.2 Å². The van der Waals surface area contributed by atoms with Gasteiger partial charge < -0.3 is 5.32 Å². The van der Waals surface area contributed by atoms with E-state index in [2.05, 4.69) is 11.4 Å². The standard InChI is InChI=1S/C21H18Cl2N2O/c1-12(18-4-3-5-25-21(18)26)19-6-14(11-24)7-20(13(19)2)15-8-16(22)10-17(23)9-15/h6-10H,3-5H2,1-2H3,(H,25,26)/b18-12+. The fourth-order valence-electron chi connectivity index (χ4n) is 3.39. The largest absolute Gasteiger partial charge is 0.352 e. The van der Waals surface area contributed by atoms with Crippen molar-refractivity contribution in [3.05, 3.63) is 62.6 Å². The van der Waals surface area contributed by atoms with E-state index in [1.165, 1.54) is 0 Å². The molecule has 2 aromatic rings. The molecule has 1 aliphatic heterocycles. The second-order valence-electron chi connectivity index (χ2n) is 6.43. The van der Waals surface area contributed by atoms with Gasteiger partial charge in [0, 0.05) is 22.2 Å². The number of piperidine rings is 1. The van der Waals surface area contributed by atoms with E-state index in [1.807, 2.05) is 38.1 Å². The van der Waals surface area contributed by atoms with E-state index in [1.54, 1.807) is 6.07 Å². The maximum absolute atomic E-state index is 12.3. The molecule has 1 fully saturated rings. The molecule has 1 heterocycles. The maximum atomic E-state index is 12.3. The number of hydrogen-bond donors (Lipinski definition) is 1. The highest BCUT2D eigenvalue weighted by molar-refractivity contribution is 6.35. The number of nitriles is 1. The topological polar surface area (TPSA) is 52.9 Å². The fraction of sp³-hybridized carbons (Fsp3) is 0.238. The van der Waals surface area contributed by atoms with Crippen LogP contribution >= 0.6 is 23.2 Å². The summed E-state index contributed by atoms with van der Waals surface area (Å²) in [5, 5.41) is 13.5. The summed E-state index contributed by atoms with van der Waals surface area (Å²) in [5.74, 6) is -0.0251. The Morgan fingerprint density at radius 2 is 1.85 bits per heavy atom. The average Bonchev–Trinajstić information content (AvgIpc) is 2.61. The zero-order valence-corrected chi connectivity index (χ0v) is 16.1. The van der Waals surface area contributed by atoms with E-state index < -0.39 is 0 Å². The van der Waals surface area contributed by atoms with Crippen molar-refractivity contribution in [1.82, 2.24) is 5.32 Å². The number of hydrogen-bond acceptors (Lipinski definition) is 2. The summed E-state index contributed by atoms with van der Waals surface area (Å²) >= 11 is 12.3. The molecule has 0 aromatic heterocycles. The number of halogens is 2. The Morgan fingerprint density at radius 3 is 2.46 bits per heavy atom. The maximum Gasteiger partial charge on any atom is 0.247 e. The minimum atomic E-state index is -0.0251. The summed E-state index contributed by atoms with van der Waals surface area (Å²) in [5.41, 5.74) is 5.86. The number of benzene rings is 2. The Kier molecular flexibility index (Phi) is 5.36. The van der Waals surface area contributed by atoms with Gasteiger partial charge in [0.2, 0.25) is 5.91 Å². The zero-order chi connectivity index (χ0) is 18.8. The molecule has 0 saturated carbocycles. The summed E-state index contributed by atoms with van der Waals surface area (Å²) in [4.78, 5) is 12.3. The van der Waals surface area contributed by atoms with Gasteiger partial charge in [0.25, 0.3) is 0 Å². The van der Waals surface area contributed by atoms with Crippen LogP contribution in [0.2, 0.25) is 10.0 Å². The lowest BCUT2D eigenvalue weighted by atomic mass is 9.87. The highest BCUT2D eigenvalue weighted by atomic mass is 35.5. The lowest BCUT2D eigenvalue weighted by molar-refractivity contribution is -0.118. The van der Waals surface area contributed by atoms with Crippen LogP contribution in [-0.4, -0.2) is 12.5 Å². The van der Waals surface area contributed by atoms with Crippen molar-refractivity contribution >= 4 is 34.7 Å². The van der Waals surface area contributed by atoms with Crippen molar-refractivity contribution in [2.45, 2.75) is 26.7 Å². The molecule has 132 valence electrons. The molecule has 1 aliphatic rings. The van der Waals surface area contributed by atoms with Crippen LogP contribution in [0.1, 0.15) is 36.5 Å². The van der Waals surface area contributed by atoms with Gasteiger partial charge in [-0.3, -0.25) is 4.79 Å². The van der Waals surface area contributed by atoms with Crippen molar-refractivity contribution in [1.29, 1.82) is 5.26 Å². The second-order valence-corrected chi connectivity index (χ2v) is 7.30. The first-order chi connectivity index (χ1) is 12.4. The van der Waals surface area contributed by atoms with Crippen molar-refractivity contribution < 1.29 is 4.79 Å². The summed E-state index contributed by atoms with van der Waals surface area (Å²) in [6, 6.07) is 11.2. The van der Waals surface area contributed by atoms with Crippen LogP contribution in [0.25, 0.3) is 16.7 Å². The second kappa shape index (κ2) is 7.53. The fourth-order valence-corrected chi connectivity index (χ4v) is 3.91. The third-order valence-corrected chi connectivity index (χ3v) is 5.17. The predicted molar refractivity (Wildman–Crippen MR) is 106 cm³/mol. The number of nitrogens with one attached hydrogen (secondary N) is 1. The average molecular weight is 385 g/mol. The van der Waals surface area contributed by atoms with Crippen LogP contribution in [-0.2, 0) is 4.79 Å². The molecule has 3 rings (SSSR count). The van der Waals surface area contributed by atoms with Crippen LogP contribution in [0, 0.1) is 18.3 Å². The lowest BCUT2D eigenvalue weighted by Crippen LogP contribution is -2.31. The number of carbonyl (C=O) groups excluding carboxylic acids is 1. The molecule has 1 N–H and O–H groups in total. The number of allylic oxidation sites excluding steroid dienone is 1. The van der Waals surface area contributed by atoms with Crippen molar-refractivity contribution in [2.24, 2.45) is 0 Å². The first kappa shape index (κ1) is 18.5. The van der Waals surface area contributed by atoms with E-state index in [4.69, 9.17) is 23.2 Å². The first-order valence-electron chi connectivity index (χ1n) is 8.40. The molecule has 5 heteroatoms. The molecule has 1 saturated heterocycles. The molecule has 0 radical (unpaired) electrons.